The lowest BCUT2D eigenvalue weighted by Gasteiger charge is -1.96. The summed E-state index contributed by atoms with van der Waals surface area (Å²) in [4.78, 5) is 10.4. The van der Waals surface area contributed by atoms with Gasteiger partial charge in [0.05, 0.1) is 6.54 Å². The zero-order valence-corrected chi connectivity index (χ0v) is 7.15. The maximum atomic E-state index is 10.4. The molecule has 0 atom stereocenters. The fourth-order valence-corrected chi connectivity index (χ4v) is 0.437. The van der Waals surface area contributed by atoms with Crippen LogP contribution >= 0.6 is 22.6 Å². The smallest absolute Gasteiger partial charge is 0.315 e. The molecule has 0 aromatic carbocycles. The summed E-state index contributed by atoms with van der Waals surface area (Å²) < 4.78 is 2.62. The molecule has 9 heavy (non-hydrogen) atoms. The summed E-state index contributed by atoms with van der Waals surface area (Å²) in [7, 11) is 1.56. The zero-order valence-electron chi connectivity index (χ0n) is 4.99. The monoisotopic (exact) mass is 238 g/mol. The van der Waals surface area contributed by atoms with Crippen LogP contribution < -0.4 is 10.6 Å². The molecule has 0 aliphatic heterocycles. The summed E-state index contributed by atoms with van der Waals surface area (Å²) in [6.07, 6.45) is 0. The highest BCUT2D eigenvalue weighted by Crippen LogP contribution is 1.68. The summed E-state index contributed by atoms with van der Waals surface area (Å²) in [6, 6.07) is -0.200. The molecule has 50 valence electrons. The van der Waals surface area contributed by atoms with Crippen LogP contribution in [0.2, 0.25) is 0 Å². The second-order valence-corrected chi connectivity index (χ2v) is 1.74. The average Bonchev–Trinajstić information content (AvgIpc) is 1.89. The van der Waals surface area contributed by atoms with Crippen molar-refractivity contribution in [3.8, 4) is 9.85 Å². The fraction of sp³-hybridized carbons (Fsp3) is 0.400. The Labute approximate surface area is 67.7 Å². The van der Waals surface area contributed by atoms with E-state index in [1.165, 1.54) is 0 Å². The predicted molar refractivity (Wildman–Crippen MR) is 44.3 cm³/mol. The van der Waals surface area contributed by atoms with E-state index >= 15 is 0 Å². The number of carbonyl (C=O) groups is 1. The Morgan fingerprint density at radius 3 is 2.89 bits per heavy atom. The minimum absolute atomic E-state index is 0.200. The van der Waals surface area contributed by atoms with Crippen LogP contribution in [-0.2, 0) is 0 Å². The third-order valence-electron chi connectivity index (χ3n) is 0.631. The third kappa shape index (κ3) is 5.43. The zero-order chi connectivity index (χ0) is 7.11. The van der Waals surface area contributed by atoms with Crippen molar-refractivity contribution in [2.24, 2.45) is 0 Å². The van der Waals surface area contributed by atoms with Gasteiger partial charge in [-0.25, -0.2) is 4.79 Å². The Bertz CT molecular complexity index is 147. The highest BCUT2D eigenvalue weighted by molar-refractivity contribution is 14.1. The second-order valence-electron chi connectivity index (χ2n) is 1.20. The quantitative estimate of drug-likeness (QED) is 0.501. The fourth-order valence-electron chi connectivity index (χ4n) is 0.246. The Hall–Kier alpha value is -0.440. The molecule has 0 aromatic rings. The molecule has 0 radical (unpaired) electrons. The first-order valence-corrected chi connectivity index (χ1v) is 3.43. The first-order chi connectivity index (χ1) is 4.31. The number of amides is 2. The number of halogens is 1. The molecule has 3 nitrogen and oxygen atoms in total. The number of hydrogen-bond acceptors (Lipinski definition) is 1. The molecule has 0 aliphatic carbocycles. The summed E-state index contributed by atoms with van der Waals surface area (Å²) >= 11 is 1.91. The van der Waals surface area contributed by atoms with Gasteiger partial charge in [0, 0.05) is 29.6 Å². The number of carbonyl (C=O) groups excluding carboxylic acids is 1. The molecule has 0 bridgehead atoms. The molecule has 0 aromatic heterocycles. The van der Waals surface area contributed by atoms with E-state index in [0.717, 1.165) is 0 Å². The molecule has 0 spiro atoms. The molecular formula is C5H7IN2O. The van der Waals surface area contributed by atoms with Crippen molar-refractivity contribution in [3.63, 3.8) is 0 Å². The van der Waals surface area contributed by atoms with Crippen molar-refractivity contribution in [3.05, 3.63) is 0 Å². The minimum Gasteiger partial charge on any atom is -0.341 e. The molecule has 0 aliphatic rings. The van der Waals surface area contributed by atoms with E-state index in [1.807, 2.05) is 22.6 Å². The Morgan fingerprint density at radius 1 is 1.78 bits per heavy atom. The van der Waals surface area contributed by atoms with Crippen molar-refractivity contribution in [2.45, 2.75) is 0 Å². The second kappa shape index (κ2) is 5.69. The molecule has 0 saturated heterocycles. The van der Waals surface area contributed by atoms with Crippen molar-refractivity contribution < 1.29 is 4.79 Å². The largest absolute Gasteiger partial charge is 0.341 e. The Morgan fingerprint density at radius 2 is 2.44 bits per heavy atom. The van der Waals surface area contributed by atoms with Crippen molar-refractivity contribution in [2.75, 3.05) is 13.6 Å². The van der Waals surface area contributed by atoms with Gasteiger partial charge in [-0.15, -0.1) is 0 Å². The van der Waals surface area contributed by atoms with E-state index in [1.54, 1.807) is 7.05 Å². The van der Waals surface area contributed by atoms with Gasteiger partial charge in [-0.2, -0.15) is 0 Å². The number of urea groups is 1. The van der Waals surface area contributed by atoms with Gasteiger partial charge < -0.3 is 10.6 Å². The van der Waals surface area contributed by atoms with Gasteiger partial charge in [0.2, 0.25) is 0 Å². The van der Waals surface area contributed by atoms with E-state index in [2.05, 4.69) is 20.5 Å². The van der Waals surface area contributed by atoms with Gasteiger partial charge >= 0.3 is 6.03 Å². The normalized spacial score (nSPS) is 6.89. The third-order valence-corrected chi connectivity index (χ3v) is 1.01. The van der Waals surface area contributed by atoms with Crippen molar-refractivity contribution >= 4 is 28.6 Å². The van der Waals surface area contributed by atoms with E-state index in [0.29, 0.717) is 6.54 Å². The molecule has 0 heterocycles. The van der Waals surface area contributed by atoms with E-state index in [-0.39, 0.29) is 6.03 Å². The van der Waals surface area contributed by atoms with Crippen LogP contribution in [0.4, 0.5) is 4.79 Å². The van der Waals surface area contributed by atoms with Gasteiger partial charge in [0.25, 0.3) is 0 Å². The van der Waals surface area contributed by atoms with Crippen molar-refractivity contribution in [1.82, 2.24) is 10.6 Å². The van der Waals surface area contributed by atoms with Crippen LogP contribution in [0.25, 0.3) is 0 Å². The molecule has 2 N–H and O–H groups in total. The summed E-state index contributed by atoms with van der Waals surface area (Å²) in [6.45, 7) is 0.405. The Kier molecular flexibility index (Phi) is 5.41. The van der Waals surface area contributed by atoms with Crippen molar-refractivity contribution in [1.29, 1.82) is 0 Å². The molecular weight excluding hydrogens is 231 g/mol. The average molecular weight is 238 g/mol. The van der Waals surface area contributed by atoms with Crippen LogP contribution in [0.5, 0.6) is 0 Å². The van der Waals surface area contributed by atoms with Gasteiger partial charge in [-0.1, -0.05) is 5.92 Å². The first-order valence-electron chi connectivity index (χ1n) is 2.35. The maximum absolute atomic E-state index is 10.4. The van der Waals surface area contributed by atoms with Gasteiger partial charge in [0.15, 0.2) is 0 Å². The van der Waals surface area contributed by atoms with E-state index in [9.17, 15) is 4.79 Å². The van der Waals surface area contributed by atoms with Gasteiger partial charge in [0.1, 0.15) is 0 Å². The molecule has 0 fully saturated rings. The maximum Gasteiger partial charge on any atom is 0.315 e. The van der Waals surface area contributed by atoms with Crippen LogP contribution in [0.1, 0.15) is 0 Å². The molecule has 2 amide bonds. The van der Waals surface area contributed by atoms with E-state index < -0.39 is 0 Å². The first kappa shape index (κ1) is 8.56. The summed E-state index contributed by atoms with van der Waals surface area (Å²) in [5, 5.41) is 4.91. The van der Waals surface area contributed by atoms with Gasteiger partial charge in [-0.05, 0) is 3.93 Å². The number of rotatable bonds is 1. The van der Waals surface area contributed by atoms with Crippen LogP contribution in [0, 0.1) is 9.85 Å². The predicted octanol–water partition coefficient (Wildman–Crippen LogP) is 0.311. The molecule has 0 rings (SSSR count). The SMILES string of the molecule is CNC(=O)NCC#CI. The summed E-state index contributed by atoms with van der Waals surface area (Å²) in [5.74, 6) is 2.68. The molecule has 4 heteroatoms. The van der Waals surface area contributed by atoms with Crippen LogP contribution in [0.15, 0.2) is 0 Å². The molecule has 0 unspecified atom stereocenters. The van der Waals surface area contributed by atoms with Crippen LogP contribution in [0.3, 0.4) is 0 Å². The number of nitrogens with one attached hydrogen (secondary N) is 2. The van der Waals surface area contributed by atoms with Gasteiger partial charge in [-0.3, -0.25) is 0 Å². The van der Waals surface area contributed by atoms with E-state index in [4.69, 9.17) is 0 Å². The lowest BCUT2D eigenvalue weighted by Crippen LogP contribution is -2.32. The topological polar surface area (TPSA) is 41.1 Å². The minimum atomic E-state index is -0.200. The number of hydrogen-bond donors (Lipinski definition) is 2. The standard InChI is InChI=1S/C5H7IN2O/c1-7-5(9)8-4-2-3-6/h4H2,1H3,(H2,7,8,9). The van der Waals surface area contributed by atoms with Crippen LogP contribution in [-0.4, -0.2) is 19.6 Å². The lowest BCUT2D eigenvalue weighted by atomic mass is 10.7. The highest BCUT2D eigenvalue weighted by Gasteiger charge is 1.88. The molecule has 0 saturated carbocycles. The highest BCUT2D eigenvalue weighted by atomic mass is 127. The Balaban J connectivity index is 3.24. The summed E-state index contributed by atoms with van der Waals surface area (Å²) in [5.41, 5.74) is 0. The lowest BCUT2D eigenvalue weighted by molar-refractivity contribution is 0.244.